The summed E-state index contributed by atoms with van der Waals surface area (Å²) in [5.74, 6) is 0.602. The second-order valence-electron chi connectivity index (χ2n) is 3.76. The molecule has 0 atom stereocenters. The van der Waals surface area contributed by atoms with Crippen molar-refractivity contribution >= 4 is 29.6 Å². The van der Waals surface area contributed by atoms with Crippen LogP contribution < -0.4 is 0 Å². The molecule has 67 valence electrons. The molecule has 0 unspecified atom stereocenters. The van der Waals surface area contributed by atoms with Crippen molar-refractivity contribution in [3.63, 3.8) is 0 Å². The van der Waals surface area contributed by atoms with Crippen LogP contribution in [-0.4, -0.2) is 29.6 Å². The summed E-state index contributed by atoms with van der Waals surface area (Å²) in [6.45, 7) is 4.45. The Morgan fingerprint density at radius 2 is 1.43 bits per heavy atom. The zero-order chi connectivity index (χ0) is 9.26. The van der Waals surface area contributed by atoms with Gasteiger partial charge in [-0.2, -0.15) is 0 Å². The molecule has 2 rings (SSSR count). The van der Waals surface area contributed by atoms with Crippen molar-refractivity contribution in [2.75, 3.05) is 0 Å². The molecule has 1 heteroatoms. The monoisotopic (exact) mass is 193 g/mol. The van der Waals surface area contributed by atoms with Gasteiger partial charge in [-0.25, -0.2) is 0 Å². The van der Waals surface area contributed by atoms with E-state index in [1.165, 1.54) is 16.7 Å². The molecule has 1 radical (unpaired) electrons. The van der Waals surface area contributed by atoms with E-state index in [4.69, 9.17) is 0 Å². The molecule has 0 saturated carbocycles. The molecule has 0 saturated heterocycles. The van der Waals surface area contributed by atoms with Crippen LogP contribution in [0.5, 0.6) is 0 Å². The summed E-state index contributed by atoms with van der Waals surface area (Å²) >= 11 is 0. The molecular weight excluding hydrogens is 179 g/mol. The van der Waals surface area contributed by atoms with Gasteiger partial charge in [-0.15, -0.1) is 0 Å². The zero-order valence-electron chi connectivity index (χ0n) is 9.12. The van der Waals surface area contributed by atoms with Crippen LogP contribution in [0.4, 0.5) is 0 Å². The zero-order valence-corrected chi connectivity index (χ0v) is 11.1. The van der Waals surface area contributed by atoms with Crippen molar-refractivity contribution in [1.29, 1.82) is 0 Å². The summed E-state index contributed by atoms with van der Waals surface area (Å²) in [7, 11) is 0. The van der Waals surface area contributed by atoms with E-state index in [-0.39, 0.29) is 29.6 Å². The van der Waals surface area contributed by atoms with Gasteiger partial charge in [0, 0.05) is 29.6 Å². The smallest absolute Gasteiger partial charge is 0 e. The van der Waals surface area contributed by atoms with Crippen LogP contribution in [0, 0.1) is 0 Å². The Bertz CT molecular complexity index is 379. The predicted molar refractivity (Wildman–Crippen MR) is 62.9 cm³/mol. The normalized spacial score (nSPS) is 10.2. The number of rotatable bonds is 1. The Morgan fingerprint density at radius 3 is 2.07 bits per heavy atom. The largest absolute Gasteiger partial charge is 0.0614 e. The summed E-state index contributed by atoms with van der Waals surface area (Å²) in [6.07, 6.45) is 0. The van der Waals surface area contributed by atoms with Gasteiger partial charge in [-0.05, 0) is 22.6 Å². The standard InChI is InChI=1S/C13H14.Na/c1-10(2)12-7-3-5-11-6-4-8-13(11)9-12;/h3-10H,1-2H3;. The van der Waals surface area contributed by atoms with E-state index in [1.54, 1.807) is 0 Å². The molecule has 0 bridgehead atoms. The van der Waals surface area contributed by atoms with Gasteiger partial charge in [-0.3, -0.25) is 0 Å². The molecule has 0 amide bonds. The molecule has 0 spiro atoms. The molecule has 0 aliphatic heterocycles. The second-order valence-corrected chi connectivity index (χ2v) is 3.76. The van der Waals surface area contributed by atoms with Crippen LogP contribution >= 0.6 is 0 Å². The molecule has 0 aromatic rings. The Kier molecular flexibility index (Phi) is 4.18. The van der Waals surface area contributed by atoms with Crippen LogP contribution in [0.1, 0.15) is 25.3 Å². The van der Waals surface area contributed by atoms with Crippen LogP contribution in [0.3, 0.4) is 0 Å². The van der Waals surface area contributed by atoms with E-state index in [2.05, 4.69) is 56.3 Å². The Morgan fingerprint density at radius 1 is 0.857 bits per heavy atom. The summed E-state index contributed by atoms with van der Waals surface area (Å²) in [4.78, 5) is 0. The van der Waals surface area contributed by atoms with Crippen molar-refractivity contribution in [3.8, 4) is 11.1 Å². The van der Waals surface area contributed by atoms with E-state index in [0.717, 1.165) is 0 Å². The molecule has 0 nitrogen and oxygen atoms in total. The molecule has 2 aliphatic carbocycles. The number of fused-ring (bicyclic) bond motifs is 1. The average Bonchev–Trinajstić information content (AvgIpc) is 2.42. The molecule has 0 aromatic heterocycles. The first-order valence-corrected chi connectivity index (χ1v) is 4.76. The maximum absolute atomic E-state index is 2.28. The minimum Gasteiger partial charge on any atom is -0.0614 e. The minimum absolute atomic E-state index is 0. The first-order chi connectivity index (χ1) is 6.27. The maximum atomic E-state index is 2.28. The Balaban J connectivity index is 0.000000980. The average molecular weight is 193 g/mol. The van der Waals surface area contributed by atoms with Gasteiger partial charge < -0.3 is 0 Å². The van der Waals surface area contributed by atoms with Gasteiger partial charge in [0.1, 0.15) is 0 Å². The van der Waals surface area contributed by atoms with E-state index in [1.807, 2.05) is 0 Å². The SMILES string of the molecule is CC(C)c1cccc2cccc-2c1.[Na]. The van der Waals surface area contributed by atoms with Crippen molar-refractivity contribution < 1.29 is 0 Å². The van der Waals surface area contributed by atoms with Crippen molar-refractivity contribution in [2.45, 2.75) is 19.8 Å². The molecule has 2 aliphatic rings. The number of hydrogen-bond donors (Lipinski definition) is 0. The predicted octanol–water partition coefficient (Wildman–Crippen LogP) is 3.53. The molecular formula is C13H14Na. The van der Waals surface area contributed by atoms with Gasteiger partial charge in [0.25, 0.3) is 0 Å². The first kappa shape index (κ1) is 11.8. The van der Waals surface area contributed by atoms with Gasteiger partial charge in [0.2, 0.25) is 0 Å². The quantitative estimate of drug-likeness (QED) is 0.608. The summed E-state index contributed by atoms with van der Waals surface area (Å²) in [5, 5.41) is 0. The van der Waals surface area contributed by atoms with E-state index >= 15 is 0 Å². The summed E-state index contributed by atoms with van der Waals surface area (Å²) in [6, 6.07) is 15.2. The third kappa shape index (κ3) is 2.38. The maximum Gasteiger partial charge on any atom is 0 e. The fourth-order valence-corrected chi connectivity index (χ4v) is 1.58. The molecule has 0 N–H and O–H groups in total. The van der Waals surface area contributed by atoms with Crippen LogP contribution in [0.2, 0.25) is 0 Å². The third-order valence-corrected chi connectivity index (χ3v) is 2.44. The topological polar surface area (TPSA) is 0 Å². The minimum atomic E-state index is 0. The Hall–Kier alpha value is -0.300. The van der Waals surface area contributed by atoms with Crippen molar-refractivity contribution in [3.05, 3.63) is 48.0 Å². The Labute approximate surface area is 108 Å². The third-order valence-electron chi connectivity index (χ3n) is 2.44. The van der Waals surface area contributed by atoms with Gasteiger partial charge >= 0.3 is 0 Å². The van der Waals surface area contributed by atoms with Crippen LogP contribution in [-0.2, 0) is 0 Å². The number of hydrogen-bond acceptors (Lipinski definition) is 0. The van der Waals surface area contributed by atoms with Gasteiger partial charge in [0.15, 0.2) is 0 Å². The first-order valence-electron chi connectivity index (χ1n) is 4.76. The van der Waals surface area contributed by atoms with Gasteiger partial charge in [0.05, 0.1) is 0 Å². The van der Waals surface area contributed by atoms with Gasteiger partial charge in [-0.1, -0.05) is 56.3 Å². The van der Waals surface area contributed by atoms with Crippen molar-refractivity contribution in [1.82, 2.24) is 0 Å². The summed E-state index contributed by atoms with van der Waals surface area (Å²) < 4.78 is 0. The molecule has 0 heterocycles. The van der Waals surface area contributed by atoms with E-state index in [9.17, 15) is 0 Å². The summed E-state index contributed by atoms with van der Waals surface area (Å²) in [5.41, 5.74) is 4.07. The fraction of sp³-hybridized carbons (Fsp3) is 0.231. The second kappa shape index (κ2) is 4.97. The van der Waals surface area contributed by atoms with E-state index < -0.39 is 0 Å². The molecule has 0 aromatic carbocycles. The fourth-order valence-electron chi connectivity index (χ4n) is 1.58. The molecule has 0 fully saturated rings. The van der Waals surface area contributed by atoms with E-state index in [0.29, 0.717) is 5.92 Å². The molecule has 14 heavy (non-hydrogen) atoms. The van der Waals surface area contributed by atoms with Crippen molar-refractivity contribution in [2.24, 2.45) is 0 Å². The van der Waals surface area contributed by atoms with Crippen LogP contribution in [0.15, 0.2) is 42.5 Å². The van der Waals surface area contributed by atoms with Crippen LogP contribution in [0.25, 0.3) is 11.1 Å².